The molecule has 1 heterocycles. The number of ketones is 1. The highest BCUT2D eigenvalue weighted by Crippen LogP contribution is 2.51. The number of nitrogens with two attached hydrogens (primary N) is 1. The Morgan fingerprint density at radius 2 is 1.46 bits per heavy atom. The quantitative estimate of drug-likeness (QED) is 0.499. The van der Waals surface area contributed by atoms with Crippen molar-refractivity contribution in [1.82, 2.24) is 4.90 Å². The van der Waals surface area contributed by atoms with Crippen LogP contribution in [-0.2, 0) is 15.0 Å². The van der Waals surface area contributed by atoms with E-state index in [1.165, 1.54) is 5.69 Å². The van der Waals surface area contributed by atoms with E-state index in [1.54, 1.807) is 6.92 Å². The van der Waals surface area contributed by atoms with Crippen LogP contribution < -0.4 is 10.6 Å². The third-order valence-corrected chi connectivity index (χ3v) is 7.81. The molecule has 1 atom stereocenters. The molecule has 1 saturated heterocycles. The summed E-state index contributed by atoms with van der Waals surface area (Å²) in [6.07, 6.45) is 2.44. The number of anilines is 1. The number of nitrogens with zero attached hydrogens (tertiary/aromatic N) is 2. The van der Waals surface area contributed by atoms with Gasteiger partial charge in [0.25, 0.3) is 0 Å². The topological polar surface area (TPSA) is 66.6 Å². The van der Waals surface area contributed by atoms with Crippen molar-refractivity contribution in [2.75, 3.05) is 31.1 Å². The molecule has 1 aliphatic carbocycles. The van der Waals surface area contributed by atoms with E-state index < -0.39 is 5.41 Å². The zero-order valence-corrected chi connectivity index (χ0v) is 20.3. The van der Waals surface area contributed by atoms with Crippen LogP contribution in [0.5, 0.6) is 0 Å². The fourth-order valence-electron chi connectivity index (χ4n) is 6.04. The Morgan fingerprint density at radius 1 is 0.857 bits per heavy atom. The second kappa shape index (κ2) is 9.67. The number of benzene rings is 3. The predicted molar refractivity (Wildman–Crippen MR) is 140 cm³/mol. The molecule has 0 aromatic heterocycles. The Bertz CT molecular complexity index is 1180. The van der Waals surface area contributed by atoms with E-state index in [0.717, 1.165) is 54.7 Å². The molecule has 1 fully saturated rings. The maximum Gasteiger partial charge on any atom is 0.232 e. The largest absolute Gasteiger partial charge is 0.369 e. The van der Waals surface area contributed by atoms with Crippen molar-refractivity contribution in [2.45, 2.75) is 37.6 Å². The van der Waals surface area contributed by atoms with Crippen LogP contribution in [0, 0.1) is 0 Å². The van der Waals surface area contributed by atoms with Crippen LogP contribution >= 0.6 is 0 Å². The molecular weight excluding hydrogens is 434 g/mol. The van der Waals surface area contributed by atoms with Crippen molar-refractivity contribution in [1.29, 1.82) is 0 Å². The van der Waals surface area contributed by atoms with Crippen LogP contribution in [0.2, 0.25) is 0 Å². The number of amides is 1. The van der Waals surface area contributed by atoms with Gasteiger partial charge in [-0.15, -0.1) is 0 Å². The van der Waals surface area contributed by atoms with E-state index in [2.05, 4.69) is 46.2 Å². The Kier molecular flexibility index (Phi) is 6.44. The third-order valence-electron chi connectivity index (χ3n) is 7.81. The summed E-state index contributed by atoms with van der Waals surface area (Å²) in [5.74, 6) is -0.0779. The van der Waals surface area contributed by atoms with Crippen molar-refractivity contribution in [3.8, 4) is 11.1 Å². The van der Waals surface area contributed by atoms with E-state index >= 15 is 0 Å². The summed E-state index contributed by atoms with van der Waals surface area (Å²) in [5, 5.41) is 0. The summed E-state index contributed by atoms with van der Waals surface area (Å²) >= 11 is 0. The Labute approximate surface area is 207 Å². The molecule has 35 heavy (non-hydrogen) atoms. The molecular formula is C30H33N3O2. The lowest BCUT2D eigenvalue weighted by Gasteiger charge is -2.41. The smallest absolute Gasteiger partial charge is 0.232 e. The van der Waals surface area contributed by atoms with Crippen molar-refractivity contribution in [3.05, 3.63) is 90.0 Å². The van der Waals surface area contributed by atoms with Crippen LogP contribution in [0.15, 0.2) is 78.9 Å². The summed E-state index contributed by atoms with van der Waals surface area (Å²) in [7, 11) is 0. The Morgan fingerprint density at radius 3 is 2.06 bits per heavy atom. The molecule has 180 valence electrons. The molecule has 0 bridgehead atoms. The zero-order chi connectivity index (χ0) is 24.4. The van der Waals surface area contributed by atoms with Gasteiger partial charge in [-0.2, -0.15) is 0 Å². The molecule has 3 aromatic rings. The maximum atomic E-state index is 13.0. The lowest BCUT2D eigenvalue weighted by atomic mass is 9.73. The van der Waals surface area contributed by atoms with E-state index in [0.29, 0.717) is 13.0 Å². The van der Waals surface area contributed by atoms with Crippen molar-refractivity contribution in [2.24, 2.45) is 5.73 Å². The first-order chi connectivity index (χ1) is 17.0. The van der Waals surface area contributed by atoms with E-state index in [9.17, 15) is 9.59 Å². The Hall–Kier alpha value is -3.44. The summed E-state index contributed by atoms with van der Waals surface area (Å²) in [4.78, 5) is 30.1. The number of hydrogen-bond donors (Lipinski definition) is 1. The molecule has 0 radical (unpaired) electrons. The van der Waals surface area contributed by atoms with Gasteiger partial charge in [-0.05, 0) is 60.7 Å². The number of carbonyl (C=O) groups excluding carboxylic acids is 2. The van der Waals surface area contributed by atoms with Crippen molar-refractivity contribution < 1.29 is 9.59 Å². The fraction of sp³-hybridized carbons (Fsp3) is 0.333. The minimum atomic E-state index is -0.792. The average molecular weight is 468 g/mol. The monoisotopic (exact) mass is 467 g/mol. The van der Waals surface area contributed by atoms with E-state index in [1.807, 2.05) is 42.5 Å². The minimum absolute atomic E-state index is 0.109. The van der Waals surface area contributed by atoms with Crippen LogP contribution in [-0.4, -0.2) is 48.8 Å². The number of fused-ring (bicyclic) bond motifs is 3. The SMILES string of the molecule is CC(=O)C1CN(c2ccccc2)CCN1CCCCC1(C(N)=O)c2ccccc2-c2ccccc21. The van der Waals surface area contributed by atoms with Gasteiger partial charge in [0.15, 0.2) is 0 Å². The molecule has 2 N–H and O–H groups in total. The number of rotatable bonds is 8. The maximum absolute atomic E-state index is 13.0. The lowest BCUT2D eigenvalue weighted by molar-refractivity contribution is -0.122. The highest BCUT2D eigenvalue weighted by Gasteiger charge is 2.47. The molecule has 0 spiro atoms. The van der Waals surface area contributed by atoms with Gasteiger partial charge < -0.3 is 10.6 Å². The van der Waals surface area contributed by atoms with Crippen LogP contribution in [0.25, 0.3) is 11.1 Å². The first-order valence-electron chi connectivity index (χ1n) is 12.6. The molecule has 1 aliphatic heterocycles. The number of piperazine rings is 1. The first-order valence-corrected chi connectivity index (χ1v) is 12.6. The zero-order valence-electron chi connectivity index (χ0n) is 20.3. The number of hydrogen-bond acceptors (Lipinski definition) is 4. The molecule has 1 unspecified atom stereocenters. The summed E-state index contributed by atoms with van der Waals surface area (Å²) in [6, 6.07) is 26.5. The van der Waals surface area contributed by atoms with Gasteiger partial charge in [0, 0.05) is 25.3 Å². The van der Waals surface area contributed by atoms with Crippen LogP contribution in [0.3, 0.4) is 0 Å². The lowest BCUT2D eigenvalue weighted by Crippen LogP contribution is -2.56. The van der Waals surface area contributed by atoms with Gasteiger partial charge >= 0.3 is 0 Å². The number of para-hydroxylation sites is 1. The fourth-order valence-corrected chi connectivity index (χ4v) is 6.04. The molecule has 2 aliphatic rings. The average Bonchev–Trinajstić information content (AvgIpc) is 3.18. The van der Waals surface area contributed by atoms with Crippen LogP contribution in [0.1, 0.15) is 37.3 Å². The molecule has 5 nitrogen and oxygen atoms in total. The van der Waals surface area contributed by atoms with Gasteiger partial charge in [0.05, 0.1) is 11.5 Å². The number of unbranched alkanes of at least 4 members (excludes halogenated alkanes) is 1. The summed E-state index contributed by atoms with van der Waals surface area (Å²) in [5.41, 5.74) is 10.7. The molecule has 1 amide bonds. The summed E-state index contributed by atoms with van der Waals surface area (Å²) < 4.78 is 0. The minimum Gasteiger partial charge on any atom is -0.369 e. The van der Waals surface area contributed by atoms with Gasteiger partial charge in [0.2, 0.25) is 5.91 Å². The van der Waals surface area contributed by atoms with Gasteiger partial charge in [-0.3, -0.25) is 14.5 Å². The van der Waals surface area contributed by atoms with Gasteiger partial charge in [-0.25, -0.2) is 0 Å². The van der Waals surface area contributed by atoms with Crippen molar-refractivity contribution >= 4 is 17.4 Å². The second-order valence-corrected chi connectivity index (χ2v) is 9.76. The number of carbonyl (C=O) groups is 2. The van der Waals surface area contributed by atoms with Crippen LogP contribution in [0.4, 0.5) is 5.69 Å². The highest BCUT2D eigenvalue weighted by atomic mass is 16.1. The predicted octanol–water partition coefficient (Wildman–Crippen LogP) is 4.39. The highest BCUT2D eigenvalue weighted by molar-refractivity contribution is 5.99. The molecule has 0 saturated carbocycles. The summed E-state index contributed by atoms with van der Waals surface area (Å²) in [6.45, 7) is 5.00. The van der Waals surface area contributed by atoms with E-state index in [4.69, 9.17) is 5.73 Å². The van der Waals surface area contributed by atoms with Gasteiger partial charge in [0.1, 0.15) is 5.78 Å². The third kappa shape index (κ3) is 4.14. The Balaban J connectivity index is 1.28. The number of primary amides is 1. The molecule has 5 rings (SSSR count). The molecule has 3 aromatic carbocycles. The van der Waals surface area contributed by atoms with E-state index in [-0.39, 0.29) is 17.7 Å². The first kappa shape index (κ1) is 23.3. The standard InChI is InChI=1S/C30H33N3O2/c1-22(34)28-21-33(23-11-3-2-4-12-23)20-19-32(28)18-10-9-17-30(29(31)35)26-15-7-5-13-24(26)25-14-6-8-16-27(25)30/h2-8,11-16,28H,9-10,17-21H2,1H3,(H2,31,35). The normalized spacial score (nSPS) is 18.7. The number of Topliss-reactive ketones (excluding diaryl/α,β-unsaturated/α-hetero) is 1. The second-order valence-electron chi connectivity index (χ2n) is 9.76. The van der Waals surface area contributed by atoms with Gasteiger partial charge in [-0.1, -0.05) is 73.2 Å². The van der Waals surface area contributed by atoms with Crippen molar-refractivity contribution in [3.63, 3.8) is 0 Å². The molecule has 5 heteroatoms.